The summed E-state index contributed by atoms with van der Waals surface area (Å²) in [5.74, 6) is 1.45. The third-order valence-corrected chi connectivity index (χ3v) is 4.99. The van der Waals surface area contributed by atoms with Gasteiger partial charge in [0, 0.05) is 6.61 Å². The molecular formula is C16H30O2. The van der Waals surface area contributed by atoms with Crippen molar-refractivity contribution >= 4 is 0 Å². The van der Waals surface area contributed by atoms with Gasteiger partial charge in [0.1, 0.15) is 0 Å². The largest absolute Gasteiger partial charge is 0.393 e. The van der Waals surface area contributed by atoms with Crippen molar-refractivity contribution in [3.8, 4) is 0 Å². The van der Waals surface area contributed by atoms with Crippen LogP contribution in [0.3, 0.4) is 0 Å². The summed E-state index contributed by atoms with van der Waals surface area (Å²) in [5, 5.41) is 10.3. The van der Waals surface area contributed by atoms with Crippen LogP contribution in [-0.2, 0) is 4.74 Å². The Balaban J connectivity index is 1.62. The average Bonchev–Trinajstić information content (AvgIpc) is 2.92. The second-order valence-corrected chi connectivity index (χ2v) is 6.33. The highest BCUT2D eigenvalue weighted by Crippen LogP contribution is 2.34. The first-order chi connectivity index (χ1) is 8.79. The highest BCUT2D eigenvalue weighted by atomic mass is 16.5. The molecule has 0 amide bonds. The molecule has 0 aromatic carbocycles. The van der Waals surface area contributed by atoms with Crippen LogP contribution in [0.4, 0.5) is 0 Å². The van der Waals surface area contributed by atoms with E-state index in [1.165, 1.54) is 44.9 Å². The van der Waals surface area contributed by atoms with Crippen LogP contribution in [-0.4, -0.2) is 23.9 Å². The molecule has 4 atom stereocenters. The molecule has 18 heavy (non-hydrogen) atoms. The number of hydrogen-bond acceptors (Lipinski definition) is 2. The van der Waals surface area contributed by atoms with E-state index < -0.39 is 0 Å². The van der Waals surface area contributed by atoms with E-state index in [0.29, 0.717) is 12.0 Å². The number of rotatable bonds is 6. The molecule has 2 heteroatoms. The zero-order chi connectivity index (χ0) is 12.8. The lowest BCUT2D eigenvalue weighted by atomic mass is 9.77. The summed E-state index contributed by atoms with van der Waals surface area (Å²) < 4.78 is 5.63. The summed E-state index contributed by atoms with van der Waals surface area (Å²) in [7, 11) is 0. The first-order valence-corrected chi connectivity index (χ1v) is 8.09. The Morgan fingerprint density at radius 1 is 1.22 bits per heavy atom. The van der Waals surface area contributed by atoms with Gasteiger partial charge in [0.2, 0.25) is 0 Å². The first-order valence-electron chi connectivity index (χ1n) is 8.09. The van der Waals surface area contributed by atoms with Gasteiger partial charge in [-0.15, -0.1) is 0 Å². The van der Waals surface area contributed by atoms with Gasteiger partial charge in [-0.3, -0.25) is 0 Å². The Bertz CT molecular complexity index is 223. The molecule has 2 rings (SSSR count). The van der Waals surface area contributed by atoms with Crippen LogP contribution >= 0.6 is 0 Å². The van der Waals surface area contributed by atoms with E-state index in [1.54, 1.807) is 0 Å². The monoisotopic (exact) mass is 254 g/mol. The van der Waals surface area contributed by atoms with Crippen molar-refractivity contribution in [1.29, 1.82) is 0 Å². The normalized spacial score (nSPS) is 34.7. The van der Waals surface area contributed by atoms with Crippen LogP contribution in [0.25, 0.3) is 0 Å². The summed E-state index contributed by atoms with van der Waals surface area (Å²) in [6, 6.07) is 0. The highest BCUT2D eigenvalue weighted by molar-refractivity contribution is 4.78. The van der Waals surface area contributed by atoms with Crippen molar-refractivity contribution in [3.05, 3.63) is 0 Å². The fraction of sp³-hybridized carbons (Fsp3) is 1.00. The third kappa shape index (κ3) is 4.24. The molecule has 0 aromatic rings. The Labute approximate surface area is 112 Å². The number of aliphatic hydroxyl groups is 1. The quantitative estimate of drug-likeness (QED) is 0.778. The van der Waals surface area contributed by atoms with Gasteiger partial charge in [0.05, 0.1) is 12.2 Å². The number of hydrogen-bond donors (Lipinski definition) is 1. The van der Waals surface area contributed by atoms with Crippen LogP contribution in [0.2, 0.25) is 0 Å². The van der Waals surface area contributed by atoms with Crippen LogP contribution in [0.1, 0.15) is 71.1 Å². The molecule has 1 aliphatic heterocycles. The standard InChI is InChI=1S/C16H30O2/c1-2-13-6-3-7-14(12-13)16(17)10-4-8-15-9-5-11-18-15/h13-17H,2-12H2,1H3. The van der Waals surface area contributed by atoms with E-state index in [1.807, 2.05) is 0 Å². The Kier molecular flexibility index (Phi) is 5.97. The van der Waals surface area contributed by atoms with Crippen LogP contribution in [0.5, 0.6) is 0 Å². The smallest absolute Gasteiger partial charge is 0.0576 e. The van der Waals surface area contributed by atoms with Gasteiger partial charge in [0.15, 0.2) is 0 Å². The average molecular weight is 254 g/mol. The molecule has 2 aliphatic rings. The molecule has 4 unspecified atom stereocenters. The maximum Gasteiger partial charge on any atom is 0.0576 e. The van der Waals surface area contributed by atoms with Gasteiger partial charge in [-0.25, -0.2) is 0 Å². The van der Waals surface area contributed by atoms with E-state index >= 15 is 0 Å². The van der Waals surface area contributed by atoms with Crippen molar-refractivity contribution < 1.29 is 9.84 Å². The van der Waals surface area contributed by atoms with Gasteiger partial charge < -0.3 is 9.84 Å². The molecule has 1 saturated carbocycles. The fourth-order valence-electron chi connectivity index (χ4n) is 3.72. The van der Waals surface area contributed by atoms with Gasteiger partial charge >= 0.3 is 0 Å². The molecule has 1 N–H and O–H groups in total. The minimum atomic E-state index is -0.0549. The Morgan fingerprint density at radius 2 is 2.11 bits per heavy atom. The maximum absolute atomic E-state index is 10.3. The minimum absolute atomic E-state index is 0.0549. The van der Waals surface area contributed by atoms with E-state index in [-0.39, 0.29) is 6.10 Å². The van der Waals surface area contributed by atoms with E-state index in [2.05, 4.69) is 6.92 Å². The number of aliphatic hydroxyl groups excluding tert-OH is 1. The van der Waals surface area contributed by atoms with Crippen molar-refractivity contribution in [2.75, 3.05) is 6.61 Å². The predicted octanol–water partition coefficient (Wildman–Crippen LogP) is 3.91. The lowest BCUT2D eigenvalue weighted by molar-refractivity contribution is 0.0520. The van der Waals surface area contributed by atoms with Gasteiger partial charge in [-0.05, 0) is 56.8 Å². The molecule has 2 nitrogen and oxygen atoms in total. The molecule has 1 saturated heterocycles. The van der Waals surface area contributed by atoms with Gasteiger partial charge in [0.25, 0.3) is 0 Å². The van der Waals surface area contributed by atoms with Crippen LogP contribution in [0.15, 0.2) is 0 Å². The van der Waals surface area contributed by atoms with E-state index in [0.717, 1.165) is 31.8 Å². The highest BCUT2D eigenvalue weighted by Gasteiger charge is 2.26. The Morgan fingerprint density at radius 3 is 2.83 bits per heavy atom. The zero-order valence-corrected chi connectivity index (χ0v) is 11.9. The summed E-state index contributed by atoms with van der Waals surface area (Å²) in [4.78, 5) is 0. The molecule has 0 aromatic heterocycles. The number of ether oxygens (including phenoxy) is 1. The van der Waals surface area contributed by atoms with Crippen molar-refractivity contribution in [2.45, 2.75) is 83.3 Å². The maximum atomic E-state index is 10.3. The zero-order valence-electron chi connectivity index (χ0n) is 11.9. The molecule has 2 fully saturated rings. The minimum Gasteiger partial charge on any atom is -0.393 e. The lowest BCUT2D eigenvalue weighted by Crippen LogP contribution is -2.26. The van der Waals surface area contributed by atoms with Crippen LogP contribution < -0.4 is 0 Å². The summed E-state index contributed by atoms with van der Waals surface area (Å²) in [6.07, 6.45) is 12.7. The van der Waals surface area contributed by atoms with Crippen molar-refractivity contribution in [1.82, 2.24) is 0 Å². The second kappa shape index (κ2) is 7.49. The molecule has 1 heterocycles. The van der Waals surface area contributed by atoms with Crippen molar-refractivity contribution in [3.63, 3.8) is 0 Å². The fourth-order valence-corrected chi connectivity index (χ4v) is 3.72. The molecule has 0 spiro atoms. The first kappa shape index (κ1) is 14.3. The molecule has 106 valence electrons. The van der Waals surface area contributed by atoms with Gasteiger partial charge in [-0.2, -0.15) is 0 Å². The van der Waals surface area contributed by atoms with Crippen LogP contribution in [0, 0.1) is 11.8 Å². The molecule has 1 aliphatic carbocycles. The predicted molar refractivity (Wildman–Crippen MR) is 74.6 cm³/mol. The lowest BCUT2D eigenvalue weighted by Gasteiger charge is -2.31. The SMILES string of the molecule is CCC1CCCC(C(O)CCCC2CCCO2)C1. The third-order valence-electron chi connectivity index (χ3n) is 4.99. The van der Waals surface area contributed by atoms with Gasteiger partial charge in [-0.1, -0.05) is 26.2 Å². The van der Waals surface area contributed by atoms with E-state index in [4.69, 9.17) is 4.74 Å². The second-order valence-electron chi connectivity index (χ2n) is 6.33. The summed E-state index contributed by atoms with van der Waals surface area (Å²) >= 11 is 0. The Hall–Kier alpha value is -0.0800. The summed E-state index contributed by atoms with van der Waals surface area (Å²) in [6.45, 7) is 3.24. The van der Waals surface area contributed by atoms with E-state index in [9.17, 15) is 5.11 Å². The molecule has 0 bridgehead atoms. The van der Waals surface area contributed by atoms with Crippen molar-refractivity contribution in [2.24, 2.45) is 11.8 Å². The molecule has 0 radical (unpaired) electrons. The molecular weight excluding hydrogens is 224 g/mol. The summed E-state index contributed by atoms with van der Waals surface area (Å²) in [5.41, 5.74) is 0. The topological polar surface area (TPSA) is 29.5 Å².